The van der Waals surface area contributed by atoms with Gasteiger partial charge in [-0.05, 0) is 90.6 Å². The lowest BCUT2D eigenvalue weighted by atomic mass is 9.79. The number of nitrogens with one attached hydrogen (secondary N) is 1. The highest BCUT2D eigenvalue weighted by atomic mass is 19.1. The van der Waals surface area contributed by atoms with Crippen LogP contribution in [0.4, 0.5) is 4.39 Å². The molecule has 1 amide bonds. The zero-order chi connectivity index (χ0) is 29.9. The van der Waals surface area contributed by atoms with Crippen LogP contribution in [0.25, 0.3) is 33.3 Å². The number of rotatable bonds is 8. The van der Waals surface area contributed by atoms with E-state index in [2.05, 4.69) is 52.0 Å². The van der Waals surface area contributed by atoms with Gasteiger partial charge in [0.2, 0.25) is 0 Å². The average molecular weight is 577 g/mol. The summed E-state index contributed by atoms with van der Waals surface area (Å²) in [4.78, 5) is 25.3. The molecule has 218 valence electrons. The van der Waals surface area contributed by atoms with Crippen molar-refractivity contribution in [2.75, 3.05) is 0 Å². The Morgan fingerprint density at radius 3 is 2.19 bits per heavy atom. The molecule has 43 heavy (non-hydrogen) atoms. The Balaban J connectivity index is 1.31. The van der Waals surface area contributed by atoms with Crippen molar-refractivity contribution in [3.05, 3.63) is 108 Å². The summed E-state index contributed by atoms with van der Waals surface area (Å²) in [5, 5.41) is 21.4. The van der Waals surface area contributed by atoms with Crippen LogP contribution in [0.1, 0.15) is 48.5 Å². The highest BCUT2D eigenvalue weighted by Gasteiger charge is 2.30. The van der Waals surface area contributed by atoms with Gasteiger partial charge in [-0.1, -0.05) is 71.9 Å². The van der Waals surface area contributed by atoms with Gasteiger partial charge in [0.25, 0.3) is 5.91 Å². The van der Waals surface area contributed by atoms with Crippen LogP contribution in [0, 0.1) is 17.7 Å². The molecule has 6 rings (SSSR count). The van der Waals surface area contributed by atoms with Gasteiger partial charge in [0.05, 0.1) is 18.0 Å². The van der Waals surface area contributed by atoms with Crippen molar-refractivity contribution in [2.45, 2.75) is 45.2 Å². The quantitative estimate of drug-likeness (QED) is 0.208. The van der Waals surface area contributed by atoms with Crippen LogP contribution in [0.15, 0.2) is 91.0 Å². The zero-order valence-corrected chi connectivity index (χ0v) is 23.9. The van der Waals surface area contributed by atoms with Gasteiger partial charge in [0.15, 0.2) is 0 Å². The molecule has 1 heterocycles. The number of hydrogen-bond acceptors (Lipinski definition) is 4. The maximum atomic E-state index is 13.9. The lowest BCUT2D eigenvalue weighted by Crippen LogP contribution is -2.40. The third-order valence-corrected chi connectivity index (χ3v) is 8.61. The summed E-state index contributed by atoms with van der Waals surface area (Å²) < 4.78 is 15.4. The van der Waals surface area contributed by atoms with E-state index in [1.807, 2.05) is 37.3 Å². The normalized spacial score (nSPS) is 17.4. The number of fused-ring (bicyclic) bond motifs is 1. The average Bonchev–Trinajstić information content (AvgIpc) is 3.44. The number of aromatic nitrogens is 3. The van der Waals surface area contributed by atoms with Crippen molar-refractivity contribution < 1.29 is 19.1 Å². The largest absolute Gasteiger partial charge is 0.481 e. The van der Waals surface area contributed by atoms with Gasteiger partial charge in [-0.3, -0.25) is 9.59 Å². The maximum Gasteiger partial charge on any atom is 0.306 e. The lowest BCUT2D eigenvalue weighted by molar-refractivity contribution is -0.143. The molecule has 0 spiro atoms. The number of carbonyl (C=O) groups is 2. The molecular formula is C35H33FN4O3. The molecule has 1 saturated carbocycles. The van der Waals surface area contributed by atoms with Gasteiger partial charge in [-0.2, -0.15) is 0 Å². The monoisotopic (exact) mass is 576 g/mol. The van der Waals surface area contributed by atoms with E-state index in [4.69, 9.17) is 0 Å². The number of halogens is 1. The number of hydrogen-bond donors (Lipinski definition) is 2. The molecule has 0 unspecified atom stereocenters. The minimum Gasteiger partial charge on any atom is -0.481 e. The van der Waals surface area contributed by atoms with Gasteiger partial charge in [0.1, 0.15) is 16.9 Å². The van der Waals surface area contributed by atoms with Crippen molar-refractivity contribution in [1.82, 2.24) is 20.3 Å². The van der Waals surface area contributed by atoms with Crippen molar-refractivity contribution in [2.24, 2.45) is 11.8 Å². The van der Waals surface area contributed by atoms with E-state index < -0.39 is 5.97 Å². The van der Waals surface area contributed by atoms with Crippen LogP contribution in [-0.4, -0.2) is 38.0 Å². The van der Waals surface area contributed by atoms with Crippen molar-refractivity contribution in [3.63, 3.8) is 0 Å². The van der Waals surface area contributed by atoms with Crippen molar-refractivity contribution in [3.8, 4) is 22.3 Å². The Labute approximate surface area is 249 Å². The standard InChI is InChI=1S/C35H33FN4O3/c1-22(24-11-13-28(14-12-24)35(42)43)37-34(41)31-19-29(27-15-17-30(36)18-16-27)20-32-33(31)40(39-38-32)21-23-7-9-26(10-8-23)25-5-3-2-4-6-25/h2-10,15-20,22,24,28H,11-14,21H2,1H3,(H,37,41)(H,42,43)/t22-,24?,28?/m0/s1. The molecule has 0 saturated heterocycles. The fraction of sp³-hybridized carbons (Fsp3) is 0.257. The van der Waals surface area contributed by atoms with E-state index >= 15 is 0 Å². The summed E-state index contributed by atoms with van der Waals surface area (Å²) in [6, 6.07) is 28.1. The summed E-state index contributed by atoms with van der Waals surface area (Å²) in [6.07, 6.45) is 2.73. The first kappa shape index (κ1) is 28.3. The molecule has 1 fully saturated rings. The number of carboxylic acids is 1. The van der Waals surface area contributed by atoms with E-state index in [1.54, 1.807) is 16.8 Å². The first-order valence-electron chi connectivity index (χ1n) is 14.7. The van der Waals surface area contributed by atoms with E-state index in [0.29, 0.717) is 36.0 Å². The molecule has 7 nitrogen and oxygen atoms in total. The van der Waals surface area contributed by atoms with Crippen molar-refractivity contribution in [1.29, 1.82) is 0 Å². The van der Waals surface area contributed by atoms with Crippen LogP contribution in [-0.2, 0) is 11.3 Å². The molecule has 8 heteroatoms. The second-order valence-electron chi connectivity index (χ2n) is 11.4. The summed E-state index contributed by atoms with van der Waals surface area (Å²) in [5.74, 6) is -1.44. The molecule has 2 N–H and O–H groups in total. The lowest BCUT2D eigenvalue weighted by Gasteiger charge is -2.31. The second-order valence-corrected chi connectivity index (χ2v) is 11.4. The fourth-order valence-electron chi connectivity index (χ4n) is 6.08. The first-order valence-corrected chi connectivity index (χ1v) is 14.7. The molecule has 0 radical (unpaired) electrons. The van der Waals surface area contributed by atoms with E-state index in [0.717, 1.165) is 40.7 Å². The minimum atomic E-state index is -0.745. The molecule has 4 aromatic carbocycles. The molecule has 1 aromatic heterocycles. The number of carboxylic acid groups (broad SMARTS) is 1. The van der Waals surface area contributed by atoms with Crippen LogP contribution < -0.4 is 5.32 Å². The van der Waals surface area contributed by atoms with Crippen LogP contribution in [0.2, 0.25) is 0 Å². The first-order chi connectivity index (χ1) is 20.9. The molecule has 5 aromatic rings. The van der Waals surface area contributed by atoms with Gasteiger partial charge in [-0.25, -0.2) is 9.07 Å². The Morgan fingerprint density at radius 2 is 1.51 bits per heavy atom. The number of nitrogens with zero attached hydrogens (tertiary/aromatic N) is 3. The van der Waals surface area contributed by atoms with Crippen LogP contribution in [0.3, 0.4) is 0 Å². The fourth-order valence-corrected chi connectivity index (χ4v) is 6.08. The smallest absolute Gasteiger partial charge is 0.306 e. The molecule has 0 aliphatic heterocycles. The number of amides is 1. The molecule has 1 aliphatic rings. The van der Waals surface area contributed by atoms with Gasteiger partial charge in [-0.15, -0.1) is 5.10 Å². The second kappa shape index (κ2) is 12.2. The molecule has 0 bridgehead atoms. The van der Waals surface area contributed by atoms with Gasteiger partial charge < -0.3 is 10.4 Å². The van der Waals surface area contributed by atoms with Gasteiger partial charge in [0, 0.05) is 6.04 Å². The summed E-state index contributed by atoms with van der Waals surface area (Å²) >= 11 is 0. The van der Waals surface area contributed by atoms with Crippen molar-refractivity contribution >= 4 is 22.9 Å². The Hall–Kier alpha value is -4.85. The summed E-state index contributed by atoms with van der Waals surface area (Å²) in [7, 11) is 0. The summed E-state index contributed by atoms with van der Waals surface area (Å²) in [6.45, 7) is 2.41. The van der Waals surface area contributed by atoms with Crippen LogP contribution in [0.5, 0.6) is 0 Å². The highest BCUT2D eigenvalue weighted by molar-refractivity contribution is 6.06. The Kier molecular flexibility index (Phi) is 8.01. The third-order valence-electron chi connectivity index (χ3n) is 8.61. The molecular weight excluding hydrogens is 543 g/mol. The molecule has 1 aliphatic carbocycles. The van der Waals surface area contributed by atoms with E-state index in [9.17, 15) is 19.1 Å². The zero-order valence-electron chi connectivity index (χ0n) is 23.9. The SMILES string of the molecule is C[C@H](NC(=O)c1cc(-c2ccc(F)cc2)cc2nnn(Cc3ccc(-c4ccccc4)cc3)c12)C1CCC(C(=O)O)CC1. The number of benzene rings is 4. The predicted molar refractivity (Wildman–Crippen MR) is 164 cm³/mol. The number of carbonyl (C=O) groups excluding carboxylic acids is 1. The maximum absolute atomic E-state index is 13.9. The topological polar surface area (TPSA) is 97.1 Å². The van der Waals surface area contributed by atoms with Crippen LogP contribution >= 0.6 is 0 Å². The minimum absolute atomic E-state index is 0.137. The predicted octanol–water partition coefficient (Wildman–Crippen LogP) is 6.96. The third kappa shape index (κ3) is 6.18. The Bertz CT molecular complexity index is 1740. The highest BCUT2D eigenvalue weighted by Crippen LogP contribution is 2.32. The van der Waals surface area contributed by atoms with E-state index in [1.165, 1.54) is 12.1 Å². The Morgan fingerprint density at radius 1 is 0.884 bits per heavy atom. The van der Waals surface area contributed by atoms with Gasteiger partial charge >= 0.3 is 5.97 Å². The molecule has 1 atom stereocenters. The van der Waals surface area contributed by atoms with E-state index in [-0.39, 0.29) is 29.6 Å². The number of aliphatic carboxylic acids is 1. The summed E-state index contributed by atoms with van der Waals surface area (Å²) in [5.41, 5.74) is 6.41.